The topological polar surface area (TPSA) is 148 Å². The van der Waals surface area contributed by atoms with Gasteiger partial charge >= 0.3 is 18.2 Å². The monoisotopic (exact) mass is 674 g/mol. The van der Waals surface area contributed by atoms with Gasteiger partial charge in [0.25, 0.3) is 0 Å². The first-order chi connectivity index (χ1) is 22.3. The van der Waals surface area contributed by atoms with Crippen molar-refractivity contribution < 1.29 is 51.8 Å². The molecule has 0 unspecified atom stereocenters. The molecule has 0 fully saturated rings. The summed E-state index contributed by atoms with van der Waals surface area (Å²) in [5.41, 5.74) is 2.62. The van der Waals surface area contributed by atoms with Crippen molar-refractivity contribution in [3.63, 3.8) is 0 Å². The van der Waals surface area contributed by atoms with E-state index in [0.717, 1.165) is 17.7 Å². The molecule has 0 aromatic heterocycles. The first-order valence-corrected chi connectivity index (χ1v) is 14.9. The third kappa shape index (κ3) is 14.5. The molecule has 0 bridgehead atoms. The number of phenolic OH excluding ortho intramolecular Hbond substituents is 1. The maximum Gasteiger partial charge on any atom is 0.430 e. The van der Waals surface area contributed by atoms with Gasteiger partial charge in [0.1, 0.15) is 17.8 Å². The average molecular weight is 675 g/mol. The van der Waals surface area contributed by atoms with Crippen LogP contribution in [-0.4, -0.2) is 90.9 Å². The number of carbonyl (C=O) groups is 4. The summed E-state index contributed by atoms with van der Waals surface area (Å²) in [5.74, 6) is -3.54. The zero-order chi connectivity index (χ0) is 36.1. The number of hydrogen-bond donors (Lipinski definition) is 3. The smallest absolute Gasteiger partial charge is 0.430 e. The number of phenols is 1. The van der Waals surface area contributed by atoms with E-state index in [-0.39, 0.29) is 24.2 Å². The number of ether oxygens (including phenoxy) is 1. The lowest BCUT2D eigenvalue weighted by Crippen LogP contribution is -2.52. The lowest BCUT2D eigenvalue weighted by Gasteiger charge is -2.32. The Morgan fingerprint density at radius 2 is 1.46 bits per heavy atom. The maximum absolute atomic E-state index is 14.0. The highest BCUT2D eigenvalue weighted by Crippen LogP contribution is 2.16. The van der Waals surface area contributed by atoms with Crippen LogP contribution in [-0.2, 0) is 27.3 Å². The Labute approximate surface area is 277 Å². The number of anilines is 1. The first kappa shape index (κ1) is 39.1. The Hall–Kier alpha value is -5.11. The minimum Gasteiger partial charge on any atom is -0.542 e. The van der Waals surface area contributed by atoms with Crippen LogP contribution >= 0.6 is 0 Å². The number of aromatic hydroxyl groups is 1. The second-order valence-corrected chi connectivity index (χ2v) is 12.1. The number of likely N-dealkylation sites (N-methyl/N-ethyl adjacent to an activating group) is 1. The Kier molecular flexibility index (Phi) is 14.4. The molecule has 0 radical (unpaired) electrons. The van der Waals surface area contributed by atoms with Crippen LogP contribution in [0, 0.1) is 0 Å². The van der Waals surface area contributed by atoms with Gasteiger partial charge in [0, 0.05) is 18.7 Å². The number of hydrogen-bond acceptors (Lipinski definition) is 7. The van der Waals surface area contributed by atoms with E-state index in [2.05, 4.69) is 31.8 Å². The van der Waals surface area contributed by atoms with Crippen LogP contribution in [0.1, 0.15) is 35.3 Å². The van der Waals surface area contributed by atoms with Crippen molar-refractivity contribution in [3.05, 3.63) is 95.6 Å². The quantitative estimate of drug-likeness (QED) is 0.196. The van der Waals surface area contributed by atoms with Gasteiger partial charge in [-0.3, -0.25) is 4.79 Å². The molecule has 0 saturated heterocycles. The van der Waals surface area contributed by atoms with E-state index in [9.17, 15) is 32.7 Å². The van der Waals surface area contributed by atoms with Gasteiger partial charge in [0.15, 0.2) is 0 Å². The van der Waals surface area contributed by atoms with Crippen molar-refractivity contribution in [2.75, 3.05) is 39.5 Å². The summed E-state index contributed by atoms with van der Waals surface area (Å²) in [6, 6.07) is 21.3. The minimum atomic E-state index is -5.19. The van der Waals surface area contributed by atoms with Gasteiger partial charge in [-0.05, 0) is 61.4 Å². The van der Waals surface area contributed by atoms with Gasteiger partial charge in [0.05, 0.1) is 45.9 Å². The number of amides is 3. The van der Waals surface area contributed by atoms with Crippen LogP contribution in [0.5, 0.6) is 5.75 Å². The van der Waals surface area contributed by atoms with Crippen molar-refractivity contribution in [1.29, 1.82) is 0 Å². The van der Waals surface area contributed by atoms with E-state index in [1.54, 1.807) is 67.3 Å². The van der Waals surface area contributed by atoms with Gasteiger partial charge in [-0.15, -0.1) is 0 Å². The van der Waals surface area contributed by atoms with Crippen LogP contribution in [0.2, 0.25) is 0 Å². The lowest BCUT2D eigenvalue weighted by atomic mass is 10.0. The van der Waals surface area contributed by atoms with Gasteiger partial charge < -0.3 is 39.8 Å². The second-order valence-electron chi connectivity index (χ2n) is 12.1. The van der Waals surface area contributed by atoms with Crippen LogP contribution in [0.4, 0.5) is 23.7 Å². The van der Waals surface area contributed by atoms with Crippen LogP contribution in [0.25, 0.3) is 0 Å². The normalized spacial score (nSPS) is 11.9. The molecule has 11 nitrogen and oxygen atoms in total. The number of benzene rings is 3. The minimum absolute atomic E-state index is 0.122. The zero-order valence-electron chi connectivity index (χ0n) is 27.4. The molecule has 0 aliphatic rings. The molecular weight excluding hydrogens is 633 g/mol. The Balaban J connectivity index is 0.00000103. The predicted molar refractivity (Wildman–Crippen MR) is 171 cm³/mol. The summed E-state index contributed by atoms with van der Waals surface area (Å²) in [4.78, 5) is 49.8. The highest BCUT2D eigenvalue weighted by Gasteiger charge is 2.29. The van der Waals surface area contributed by atoms with Crippen LogP contribution in [0.3, 0.4) is 0 Å². The fourth-order valence-electron chi connectivity index (χ4n) is 4.08. The molecule has 0 heterocycles. The molecule has 14 heteroatoms. The molecule has 48 heavy (non-hydrogen) atoms. The highest BCUT2D eigenvalue weighted by molar-refractivity contribution is 5.95. The van der Waals surface area contributed by atoms with Crippen molar-refractivity contribution in [2.45, 2.75) is 45.1 Å². The molecule has 3 amide bonds. The predicted octanol–water partition coefficient (Wildman–Crippen LogP) is 3.72. The lowest BCUT2D eigenvalue weighted by molar-refractivity contribution is -0.869. The molecule has 3 N–H and O–H groups in total. The van der Waals surface area contributed by atoms with Crippen LogP contribution in [0.15, 0.2) is 78.9 Å². The Morgan fingerprint density at radius 1 is 0.896 bits per heavy atom. The largest absolute Gasteiger partial charge is 0.542 e. The number of carboxylic acid groups (broad SMARTS) is 1. The molecule has 3 rings (SSSR count). The number of urea groups is 1. The molecule has 0 aliphatic heterocycles. The van der Waals surface area contributed by atoms with Crippen LogP contribution < -0.4 is 15.7 Å². The molecule has 1 atom stereocenters. The summed E-state index contributed by atoms with van der Waals surface area (Å²) in [7, 11) is 6.20. The number of rotatable bonds is 12. The fourth-order valence-corrected chi connectivity index (χ4v) is 4.08. The number of carbonyl (C=O) groups excluding carboxylic acids is 4. The van der Waals surface area contributed by atoms with Crippen molar-refractivity contribution in [3.8, 4) is 5.75 Å². The molecule has 260 valence electrons. The number of nitrogens with one attached hydrogen (secondary N) is 2. The number of alkyl halides is 3. The van der Waals surface area contributed by atoms with E-state index in [1.165, 1.54) is 0 Å². The van der Waals surface area contributed by atoms with E-state index < -0.39 is 30.2 Å². The SMILES string of the molecule is CC(C)OC(=O)c1ccc(NC(=O)N[C@@H](Cc2ccc(O)cc2)C(=O)N(CC[N+](C)(C)C)Cc2ccccc2)cc1.O=C([O-])C(F)(F)F. The fraction of sp³-hybridized carbons (Fsp3) is 0.353. The van der Waals surface area contributed by atoms with Crippen molar-refractivity contribution in [2.24, 2.45) is 0 Å². The molecule has 0 saturated carbocycles. The van der Waals surface area contributed by atoms with Crippen molar-refractivity contribution in [1.82, 2.24) is 10.2 Å². The molecular formula is C34H41F3N4O7. The number of quaternary nitrogens is 1. The van der Waals surface area contributed by atoms with E-state index in [1.807, 2.05) is 30.3 Å². The number of nitrogens with zero attached hydrogens (tertiary/aromatic N) is 2. The van der Waals surface area contributed by atoms with Gasteiger partial charge in [-0.2, -0.15) is 13.2 Å². The molecule has 0 aliphatic carbocycles. The highest BCUT2D eigenvalue weighted by atomic mass is 19.4. The Bertz CT molecular complexity index is 1490. The number of esters is 1. The van der Waals surface area contributed by atoms with Crippen molar-refractivity contribution >= 4 is 29.6 Å². The van der Waals surface area contributed by atoms with E-state index in [4.69, 9.17) is 14.6 Å². The zero-order valence-corrected chi connectivity index (χ0v) is 27.4. The van der Waals surface area contributed by atoms with E-state index in [0.29, 0.717) is 28.8 Å². The number of aliphatic carboxylic acids is 1. The summed E-state index contributed by atoms with van der Waals surface area (Å²) in [6.07, 6.45) is -5.19. The summed E-state index contributed by atoms with van der Waals surface area (Å²) < 4.78 is 37.4. The molecule has 0 spiro atoms. The van der Waals surface area contributed by atoms with Gasteiger partial charge in [-0.25, -0.2) is 9.59 Å². The molecule has 3 aromatic carbocycles. The third-order valence-corrected chi connectivity index (χ3v) is 6.50. The maximum atomic E-state index is 14.0. The Morgan fingerprint density at radius 3 is 1.96 bits per heavy atom. The average Bonchev–Trinajstić information content (AvgIpc) is 2.99. The molecule has 3 aromatic rings. The summed E-state index contributed by atoms with van der Waals surface area (Å²) in [6.45, 7) is 5.18. The first-order valence-electron chi connectivity index (χ1n) is 14.9. The van der Waals surface area contributed by atoms with Gasteiger partial charge in [0.2, 0.25) is 5.91 Å². The summed E-state index contributed by atoms with van der Waals surface area (Å²) in [5, 5.41) is 24.1. The third-order valence-electron chi connectivity index (χ3n) is 6.50. The summed E-state index contributed by atoms with van der Waals surface area (Å²) >= 11 is 0. The number of halogens is 3. The standard InChI is InChI=1S/C32H40N4O5.C2HF3O2/c1-23(2)41-31(39)26-13-15-27(16-14-26)33-32(40)34-29(21-24-11-17-28(37)18-12-24)30(38)35(19-20-36(3,4)5)22-25-9-7-6-8-10-25;3-2(4,5)1(6)7/h6-18,23,29H,19-22H2,1-5H3,(H2-,33,34,37,39,40);(H,6,7)/t29-;/m0./s1. The van der Waals surface area contributed by atoms with E-state index >= 15 is 0 Å². The number of carboxylic acids is 1. The van der Waals surface area contributed by atoms with Gasteiger partial charge in [-0.1, -0.05) is 42.5 Å². The second kappa shape index (κ2) is 17.7.